The van der Waals surface area contributed by atoms with E-state index >= 15 is 0 Å². The van der Waals surface area contributed by atoms with Crippen LogP contribution >= 0.6 is 0 Å². The number of hydrogen-bond donors (Lipinski definition) is 3. The van der Waals surface area contributed by atoms with Crippen LogP contribution in [0.4, 0.5) is 10.5 Å². The van der Waals surface area contributed by atoms with E-state index < -0.39 is 18.0 Å². The van der Waals surface area contributed by atoms with Crippen LogP contribution in [0.3, 0.4) is 0 Å². The van der Waals surface area contributed by atoms with Gasteiger partial charge in [-0.05, 0) is 35.2 Å². The van der Waals surface area contributed by atoms with Crippen molar-refractivity contribution >= 4 is 23.7 Å². The Balaban J connectivity index is 1.29. The second kappa shape index (κ2) is 9.99. The number of aromatic nitrogens is 1. The van der Waals surface area contributed by atoms with Crippen molar-refractivity contribution in [2.24, 2.45) is 0 Å². The molecule has 0 fully saturated rings. The van der Waals surface area contributed by atoms with Crippen molar-refractivity contribution in [1.29, 1.82) is 0 Å². The van der Waals surface area contributed by atoms with Crippen LogP contribution in [0.5, 0.6) is 0 Å². The predicted molar refractivity (Wildman–Crippen MR) is 127 cm³/mol. The largest absolute Gasteiger partial charge is 0.478 e. The molecule has 3 aromatic rings. The fraction of sp³-hybridized carbons (Fsp3) is 0.154. The zero-order chi connectivity index (χ0) is 24.1. The molecule has 3 N–H and O–H groups in total. The van der Waals surface area contributed by atoms with Crippen molar-refractivity contribution in [2.45, 2.75) is 12.8 Å². The standard InChI is InChI=1S/C26H23N3O5/c1-16(24(30)29-18-12-17(25(31)32)13-27-14-18)10-11-28-26(33)34-15-23-21-8-4-2-6-19(21)20-7-3-5-9-22(20)23/h2-10,12-14,23H,11,15H2,1H3,(H,28,33)(H,29,30)(H,31,32)/b16-10+. The minimum atomic E-state index is -1.14. The van der Waals surface area contributed by atoms with Crippen LogP contribution < -0.4 is 10.6 Å². The molecule has 4 rings (SSSR count). The third-order valence-corrected chi connectivity index (χ3v) is 5.60. The number of anilines is 1. The van der Waals surface area contributed by atoms with E-state index in [1.165, 1.54) is 18.5 Å². The Kier molecular flexibility index (Phi) is 6.68. The fourth-order valence-corrected chi connectivity index (χ4v) is 3.88. The molecule has 8 nitrogen and oxygen atoms in total. The van der Waals surface area contributed by atoms with Crippen LogP contribution in [0.2, 0.25) is 0 Å². The minimum Gasteiger partial charge on any atom is -0.478 e. The number of hydrogen-bond acceptors (Lipinski definition) is 5. The zero-order valence-electron chi connectivity index (χ0n) is 18.4. The maximum absolute atomic E-state index is 12.3. The smallest absolute Gasteiger partial charge is 0.407 e. The van der Waals surface area contributed by atoms with Crippen molar-refractivity contribution in [2.75, 3.05) is 18.5 Å². The zero-order valence-corrected chi connectivity index (χ0v) is 18.4. The SMILES string of the molecule is C/C(=C\CNC(=O)OCC1c2ccccc2-c2ccccc21)C(=O)Nc1cncc(C(=O)O)c1. The highest BCUT2D eigenvalue weighted by molar-refractivity contribution is 6.03. The normalized spacial score (nSPS) is 12.4. The molecule has 0 saturated heterocycles. The topological polar surface area (TPSA) is 118 Å². The van der Waals surface area contributed by atoms with Crippen LogP contribution in [0.15, 0.2) is 78.6 Å². The van der Waals surface area contributed by atoms with E-state index in [0.29, 0.717) is 5.57 Å². The summed E-state index contributed by atoms with van der Waals surface area (Å²) in [7, 11) is 0. The highest BCUT2D eigenvalue weighted by atomic mass is 16.5. The van der Waals surface area contributed by atoms with Gasteiger partial charge in [-0.1, -0.05) is 54.6 Å². The first kappa shape index (κ1) is 22.7. The molecule has 0 bridgehead atoms. The van der Waals surface area contributed by atoms with Crippen LogP contribution in [-0.4, -0.2) is 41.2 Å². The van der Waals surface area contributed by atoms with E-state index in [4.69, 9.17) is 9.84 Å². The molecule has 0 spiro atoms. The molecular weight excluding hydrogens is 434 g/mol. The first-order chi connectivity index (χ1) is 16.4. The molecule has 34 heavy (non-hydrogen) atoms. The quantitative estimate of drug-likeness (QED) is 0.458. The Bertz CT molecular complexity index is 1240. The first-order valence-corrected chi connectivity index (χ1v) is 10.7. The highest BCUT2D eigenvalue weighted by Crippen LogP contribution is 2.44. The third kappa shape index (κ3) is 4.96. The molecule has 1 aliphatic carbocycles. The van der Waals surface area contributed by atoms with Gasteiger partial charge in [0.15, 0.2) is 0 Å². The van der Waals surface area contributed by atoms with E-state index in [1.807, 2.05) is 36.4 Å². The summed E-state index contributed by atoms with van der Waals surface area (Å²) < 4.78 is 5.47. The molecule has 172 valence electrons. The lowest BCUT2D eigenvalue weighted by atomic mass is 9.98. The van der Waals surface area contributed by atoms with Gasteiger partial charge in [-0.2, -0.15) is 0 Å². The summed E-state index contributed by atoms with van der Waals surface area (Å²) >= 11 is 0. The Labute approximate surface area is 196 Å². The Morgan fingerprint density at radius 1 is 1.03 bits per heavy atom. The number of aromatic carboxylic acids is 1. The molecule has 8 heteroatoms. The number of rotatable bonds is 7. The number of carbonyl (C=O) groups is 3. The van der Waals surface area contributed by atoms with Gasteiger partial charge in [0.05, 0.1) is 17.4 Å². The number of nitrogens with zero attached hydrogens (tertiary/aromatic N) is 1. The van der Waals surface area contributed by atoms with Crippen molar-refractivity contribution in [3.8, 4) is 11.1 Å². The molecule has 0 atom stereocenters. The number of carboxylic acids is 1. The number of nitrogens with one attached hydrogen (secondary N) is 2. The second-order valence-corrected chi connectivity index (χ2v) is 7.82. The van der Waals surface area contributed by atoms with Gasteiger partial charge >= 0.3 is 12.1 Å². The van der Waals surface area contributed by atoms with Crippen LogP contribution in [0, 0.1) is 0 Å². The summed E-state index contributed by atoms with van der Waals surface area (Å²) in [4.78, 5) is 39.4. The number of fused-ring (bicyclic) bond motifs is 3. The number of carboxylic acid groups (broad SMARTS) is 1. The molecule has 0 radical (unpaired) electrons. The number of ether oxygens (including phenoxy) is 1. The van der Waals surface area contributed by atoms with Crippen molar-refractivity contribution in [3.63, 3.8) is 0 Å². The van der Waals surface area contributed by atoms with Crippen molar-refractivity contribution in [1.82, 2.24) is 10.3 Å². The summed E-state index contributed by atoms with van der Waals surface area (Å²) in [6, 6.07) is 17.5. The summed E-state index contributed by atoms with van der Waals surface area (Å²) in [5, 5.41) is 14.2. The second-order valence-electron chi connectivity index (χ2n) is 7.82. The monoisotopic (exact) mass is 457 g/mol. The minimum absolute atomic E-state index is 0.0311. The first-order valence-electron chi connectivity index (χ1n) is 10.7. The van der Waals surface area contributed by atoms with Gasteiger partial charge < -0.3 is 20.5 Å². The molecule has 2 aromatic carbocycles. The summed E-state index contributed by atoms with van der Waals surface area (Å²) in [6.07, 6.45) is 3.52. The lowest BCUT2D eigenvalue weighted by Crippen LogP contribution is -2.26. The number of carbonyl (C=O) groups excluding carboxylic acids is 2. The molecule has 1 heterocycles. The maximum atomic E-state index is 12.3. The van der Waals surface area contributed by atoms with Crippen molar-refractivity contribution < 1.29 is 24.2 Å². The predicted octanol–water partition coefficient (Wildman–Crippen LogP) is 4.20. The highest BCUT2D eigenvalue weighted by Gasteiger charge is 2.28. The number of benzene rings is 2. The van der Waals surface area contributed by atoms with Gasteiger partial charge in [-0.3, -0.25) is 9.78 Å². The third-order valence-electron chi connectivity index (χ3n) is 5.60. The van der Waals surface area contributed by atoms with E-state index in [9.17, 15) is 14.4 Å². The lowest BCUT2D eigenvalue weighted by molar-refractivity contribution is -0.112. The lowest BCUT2D eigenvalue weighted by Gasteiger charge is -2.14. The average molecular weight is 457 g/mol. The van der Waals surface area contributed by atoms with E-state index in [2.05, 4.69) is 27.8 Å². The summed E-state index contributed by atoms with van der Waals surface area (Å²) in [5.41, 5.74) is 5.15. The van der Waals surface area contributed by atoms with E-state index in [1.54, 1.807) is 13.0 Å². The van der Waals surface area contributed by atoms with E-state index in [-0.39, 0.29) is 30.3 Å². The molecule has 0 aliphatic heterocycles. The van der Waals surface area contributed by atoms with Gasteiger partial charge in [0.2, 0.25) is 0 Å². The molecule has 1 aromatic heterocycles. The number of amides is 2. The van der Waals surface area contributed by atoms with Crippen LogP contribution in [-0.2, 0) is 9.53 Å². The summed E-state index contributed by atoms with van der Waals surface area (Å²) in [5.74, 6) is -1.60. The number of alkyl carbamates (subject to hydrolysis) is 1. The molecule has 1 aliphatic rings. The van der Waals surface area contributed by atoms with Crippen LogP contribution in [0.1, 0.15) is 34.3 Å². The number of pyridine rings is 1. The average Bonchev–Trinajstić information content (AvgIpc) is 3.16. The van der Waals surface area contributed by atoms with Gasteiger partial charge in [-0.15, -0.1) is 0 Å². The Morgan fingerprint density at radius 2 is 1.68 bits per heavy atom. The summed E-state index contributed by atoms with van der Waals surface area (Å²) in [6.45, 7) is 1.89. The van der Waals surface area contributed by atoms with Gasteiger partial charge in [0.25, 0.3) is 5.91 Å². The van der Waals surface area contributed by atoms with Gasteiger partial charge in [0, 0.05) is 24.2 Å². The van der Waals surface area contributed by atoms with Crippen LogP contribution in [0.25, 0.3) is 11.1 Å². The fourth-order valence-electron chi connectivity index (χ4n) is 3.88. The van der Waals surface area contributed by atoms with Gasteiger partial charge in [0.1, 0.15) is 6.61 Å². The Hall–Kier alpha value is -4.46. The molecule has 0 unspecified atom stereocenters. The molecular formula is C26H23N3O5. The molecule has 2 amide bonds. The Morgan fingerprint density at radius 3 is 2.32 bits per heavy atom. The van der Waals surface area contributed by atoms with E-state index in [0.717, 1.165) is 22.3 Å². The van der Waals surface area contributed by atoms with Crippen molar-refractivity contribution in [3.05, 3.63) is 95.3 Å². The van der Waals surface area contributed by atoms with Gasteiger partial charge in [-0.25, -0.2) is 9.59 Å². The molecule has 0 saturated carbocycles. The maximum Gasteiger partial charge on any atom is 0.407 e.